The zero-order valence-corrected chi connectivity index (χ0v) is 11.1. The number of carbonyl (C=O) groups is 1. The zero-order valence-electron chi connectivity index (χ0n) is 11.1. The number of nitrogens with zero attached hydrogens (tertiary/aromatic N) is 2. The number of carbonyl (C=O) groups excluding carboxylic acids is 1. The number of rotatable bonds is 5. The largest absolute Gasteiger partial charge is 0.388 e. The van der Waals surface area contributed by atoms with Crippen molar-refractivity contribution in [2.24, 2.45) is 0 Å². The van der Waals surface area contributed by atoms with Crippen LogP contribution < -0.4 is 0 Å². The number of hydrogen-bond acceptors (Lipinski definition) is 2. The summed E-state index contributed by atoms with van der Waals surface area (Å²) in [5.74, 6) is 0.0770. The Morgan fingerprint density at radius 2 is 2.18 bits per heavy atom. The molecule has 0 aliphatic heterocycles. The minimum absolute atomic E-state index is 0.0770. The molecule has 4 nitrogen and oxygen atoms in total. The van der Waals surface area contributed by atoms with Crippen LogP contribution in [0.3, 0.4) is 0 Å². The highest BCUT2D eigenvalue weighted by Crippen LogP contribution is 2.16. The quantitative estimate of drug-likeness (QED) is 0.850. The van der Waals surface area contributed by atoms with E-state index in [1.165, 1.54) is 0 Å². The van der Waals surface area contributed by atoms with E-state index in [0.717, 1.165) is 5.56 Å². The van der Waals surface area contributed by atoms with E-state index in [4.69, 9.17) is 0 Å². The summed E-state index contributed by atoms with van der Waals surface area (Å²) >= 11 is 0. The smallest absolute Gasteiger partial charge is 0.242 e. The van der Waals surface area contributed by atoms with E-state index >= 15 is 0 Å². The van der Waals surface area contributed by atoms with Crippen molar-refractivity contribution in [3.8, 4) is 0 Å². The Bertz CT molecular complexity index is 371. The van der Waals surface area contributed by atoms with E-state index in [0.29, 0.717) is 13.0 Å². The molecule has 1 heterocycles. The summed E-state index contributed by atoms with van der Waals surface area (Å²) in [7, 11) is 1.80. The predicted octanol–water partition coefficient (Wildman–Crippen LogP) is 1.80. The third kappa shape index (κ3) is 3.60. The van der Waals surface area contributed by atoms with E-state index < -0.39 is 6.10 Å². The molecule has 0 radical (unpaired) electrons. The molecule has 0 bridgehead atoms. The lowest BCUT2D eigenvalue weighted by atomic mass is 10.1. The lowest BCUT2D eigenvalue weighted by Crippen LogP contribution is -2.35. The monoisotopic (exact) mass is 238 g/mol. The van der Waals surface area contributed by atoms with Gasteiger partial charge in [-0.15, -0.1) is 0 Å². The van der Waals surface area contributed by atoms with Gasteiger partial charge in [0.2, 0.25) is 5.91 Å². The summed E-state index contributed by atoms with van der Waals surface area (Å²) in [4.78, 5) is 13.6. The van der Waals surface area contributed by atoms with Gasteiger partial charge in [0.1, 0.15) is 6.54 Å². The fourth-order valence-electron chi connectivity index (χ4n) is 1.55. The molecule has 0 aromatic carbocycles. The van der Waals surface area contributed by atoms with Gasteiger partial charge in [-0.1, -0.05) is 6.92 Å². The molecule has 1 unspecified atom stereocenters. The second-order valence-electron chi connectivity index (χ2n) is 4.64. The highest BCUT2D eigenvalue weighted by molar-refractivity contribution is 5.76. The van der Waals surface area contributed by atoms with E-state index in [-0.39, 0.29) is 11.9 Å². The molecule has 96 valence electrons. The minimum atomic E-state index is -0.436. The number of amides is 1. The van der Waals surface area contributed by atoms with Crippen LogP contribution in [0.25, 0.3) is 0 Å². The summed E-state index contributed by atoms with van der Waals surface area (Å²) in [5.41, 5.74) is 0.868. The molecule has 0 saturated carbocycles. The lowest BCUT2D eigenvalue weighted by molar-refractivity contribution is -0.131. The van der Waals surface area contributed by atoms with Gasteiger partial charge in [-0.05, 0) is 31.9 Å². The Hall–Kier alpha value is -1.29. The summed E-state index contributed by atoms with van der Waals surface area (Å²) < 4.78 is 1.81. The lowest BCUT2D eigenvalue weighted by Gasteiger charge is -2.21. The van der Waals surface area contributed by atoms with Crippen molar-refractivity contribution in [2.75, 3.05) is 7.05 Å². The molecular formula is C13H22N2O2. The van der Waals surface area contributed by atoms with Crippen molar-refractivity contribution >= 4 is 5.91 Å². The van der Waals surface area contributed by atoms with Crippen molar-refractivity contribution in [1.29, 1.82) is 0 Å². The Morgan fingerprint density at radius 3 is 2.71 bits per heavy atom. The fourth-order valence-corrected chi connectivity index (χ4v) is 1.55. The maximum absolute atomic E-state index is 11.8. The van der Waals surface area contributed by atoms with Crippen molar-refractivity contribution in [2.45, 2.75) is 45.9 Å². The maximum atomic E-state index is 11.8. The van der Waals surface area contributed by atoms with Gasteiger partial charge >= 0.3 is 0 Å². The Morgan fingerprint density at radius 1 is 1.53 bits per heavy atom. The summed E-state index contributed by atoms with van der Waals surface area (Å²) in [6, 6.07) is 2.07. The molecule has 17 heavy (non-hydrogen) atoms. The van der Waals surface area contributed by atoms with Crippen LogP contribution in [0.1, 0.15) is 38.9 Å². The van der Waals surface area contributed by atoms with Gasteiger partial charge in [0.25, 0.3) is 0 Å². The Kier molecular flexibility index (Phi) is 4.75. The normalized spacial score (nSPS) is 12.8. The molecule has 1 atom stereocenters. The van der Waals surface area contributed by atoms with Crippen molar-refractivity contribution in [3.63, 3.8) is 0 Å². The topological polar surface area (TPSA) is 45.5 Å². The van der Waals surface area contributed by atoms with E-state index in [1.54, 1.807) is 11.9 Å². The SMILES string of the molecule is CCC(O)c1ccn(CC(=O)N(C)C(C)C)c1. The third-order valence-electron chi connectivity index (χ3n) is 3.03. The standard InChI is InChI=1S/C13H22N2O2/c1-5-12(16)11-6-7-15(8-11)9-13(17)14(4)10(2)3/h6-8,10,12,16H,5,9H2,1-4H3. The number of hydrogen-bond donors (Lipinski definition) is 1. The van der Waals surface area contributed by atoms with Crippen LogP contribution in [0, 0.1) is 0 Å². The molecule has 1 aromatic heterocycles. The second kappa shape index (κ2) is 5.87. The number of aliphatic hydroxyl groups excluding tert-OH is 1. The molecule has 0 fully saturated rings. The molecule has 1 rings (SSSR count). The van der Waals surface area contributed by atoms with Gasteiger partial charge < -0.3 is 14.6 Å². The summed E-state index contributed by atoms with van der Waals surface area (Å²) in [6.07, 6.45) is 3.92. The third-order valence-corrected chi connectivity index (χ3v) is 3.03. The van der Waals surface area contributed by atoms with Crippen LogP contribution >= 0.6 is 0 Å². The first-order chi connectivity index (χ1) is 7.95. The highest BCUT2D eigenvalue weighted by Gasteiger charge is 2.13. The summed E-state index contributed by atoms with van der Waals surface area (Å²) in [6.45, 7) is 6.23. The van der Waals surface area contributed by atoms with E-state index in [2.05, 4.69) is 0 Å². The van der Waals surface area contributed by atoms with Gasteiger partial charge in [0, 0.05) is 25.5 Å². The van der Waals surface area contributed by atoms with Crippen LogP contribution in [0.4, 0.5) is 0 Å². The molecular weight excluding hydrogens is 216 g/mol. The van der Waals surface area contributed by atoms with Crippen LogP contribution in [0.15, 0.2) is 18.5 Å². The number of aromatic nitrogens is 1. The first-order valence-electron chi connectivity index (χ1n) is 6.05. The van der Waals surface area contributed by atoms with E-state index in [9.17, 15) is 9.90 Å². The molecule has 0 spiro atoms. The van der Waals surface area contributed by atoms with Crippen LogP contribution in [0.5, 0.6) is 0 Å². The van der Waals surface area contributed by atoms with Crippen molar-refractivity contribution in [3.05, 3.63) is 24.0 Å². The van der Waals surface area contributed by atoms with Crippen molar-refractivity contribution in [1.82, 2.24) is 9.47 Å². The second-order valence-corrected chi connectivity index (χ2v) is 4.64. The number of likely N-dealkylation sites (N-methyl/N-ethyl adjacent to an activating group) is 1. The van der Waals surface area contributed by atoms with Crippen LogP contribution in [0.2, 0.25) is 0 Å². The average Bonchev–Trinajstić information content (AvgIpc) is 2.75. The van der Waals surface area contributed by atoms with E-state index in [1.807, 2.05) is 43.8 Å². The number of aliphatic hydroxyl groups is 1. The molecule has 0 aliphatic carbocycles. The van der Waals surface area contributed by atoms with Gasteiger partial charge in [-0.3, -0.25) is 4.79 Å². The predicted molar refractivity (Wildman–Crippen MR) is 67.6 cm³/mol. The van der Waals surface area contributed by atoms with Gasteiger partial charge in [-0.2, -0.15) is 0 Å². The maximum Gasteiger partial charge on any atom is 0.242 e. The van der Waals surface area contributed by atoms with Gasteiger partial charge in [-0.25, -0.2) is 0 Å². The molecule has 1 aromatic rings. The van der Waals surface area contributed by atoms with Crippen LogP contribution in [-0.2, 0) is 11.3 Å². The van der Waals surface area contributed by atoms with Crippen molar-refractivity contribution < 1.29 is 9.90 Å². The Labute approximate surface area is 103 Å². The molecule has 1 amide bonds. The summed E-state index contributed by atoms with van der Waals surface area (Å²) in [5, 5.41) is 9.67. The molecule has 0 aliphatic rings. The van der Waals surface area contributed by atoms with Gasteiger partial charge in [0.05, 0.1) is 6.10 Å². The first kappa shape index (κ1) is 13.8. The zero-order chi connectivity index (χ0) is 13.0. The van der Waals surface area contributed by atoms with Crippen LogP contribution in [-0.4, -0.2) is 33.6 Å². The molecule has 4 heteroatoms. The highest BCUT2D eigenvalue weighted by atomic mass is 16.3. The average molecular weight is 238 g/mol. The Balaban J connectivity index is 2.63. The molecule has 1 N–H and O–H groups in total. The minimum Gasteiger partial charge on any atom is -0.388 e. The van der Waals surface area contributed by atoms with Gasteiger partial charge in [0.15, 0.2) is 0 Å². The molecule has 0 saturated heterocycles. The first-order valence-corrected chi connectivity index (χ1v) is 6.05. The fraction of sp³-hybridized carbons (Fsp3) is 0.615.